The summed E-state index contributed by atoms with van der Waals surface area (Å²) in [7, 11) is -1.72. The lowest BCUT2D eigenvalue weighted by Gasteiger charge is -2.47. The van der Waals surface area contributed by atoms with Gasteiger partial charge in [0.05, 0.1) is 6.10 Å². The molecule has 0 aromatic heterocycles. The minimum absolute atomic E-state index is 0.294. The maximum Gasteiger partial charge on any atom is 0.192 e. The average molecular weight is 675 g/mol. The molecule has 0 spiro atoms. The van der Waals surface area contributed by atoms with Gasteiger partial charge in [0.2, 0.25) is 0 Å². The zero-order chi connectivity index (χ0) is 34.9. The summed E-state index contributed by atoms with van der Waals surface area (Å²) in [4.78, 5) is 0. The molecule has 6 aliphatic carbocycles. The molecule has 8 rings (SSSR count). The van der Waals surface area contributed by atoms with E-state index < -0.39 is 8.32 Å². The average Bonchev–Trinajstić information content (AvgIpc) is 3.35. The molecule has 1 nitrogen and oxygen atoms in total. The van der Waals surface area contributed by atoms with Crippen LogP contribution in [0.5, 0.6) is 0 Å². The summed E-state index contributed by atoms with van der Waals surface area (Å²) in [6.45, 7) is 24.0. The molecule has 0 amide bonds. The van der Waals surface area contributed by atoms with Crippen LogP contribution >= 0.6 is 0 Å². The second-order valence-electron chi connectivity index (χ2n) is 19.4. The second kappa shape index (κ2) is 12.8. The van der Waals surface area contributed by atoms with Gasteiger partial charge in [0.1, 0.15) is 0 Å². The van der Waals surface area contributed by atoms with E-state index in [4.69, 9.17) is 4.43 Å². The van der Waals surface area contributed by atoms with Gasteiger partial charge >= 0.3 is 0 Å². The van der Waals surface area contributed by atoms with Crippen LogP contribution in [-0.2, 0) is 23.7 Å². The highest BCUT2D eigenvalue weighted by molar-refractivity contribution is 6.74. The molecule has 0 radical (unpaired) electrons. The highest BCUT2D eigenvalue weighted by Crippen LogP contribution is 2.59. The number of aryl methyl sites for hydroxylation is 3. The first-order chi connectivity index (χ1) is 23.1. The zero-order valence-electron chi connectivity index (χ0n) is 32.8. The maximum absolute atomic E-state index is 7.04. The number of allylic oxidation sites excluding steroid dienone is 5. The summed E-state index contributed by atoms with van der Waals surface area (Å²) in [6.07, 6.45) is 20.9. The molecular formula is C47H66OSi. The van der Waals surface area contributed by atoms with Gasteiger partial charge < -0.3 is 4.43 Å². The molecule has 6 atom stereocenters. The fourth-order valence-electron chi connectivity index (χ4n) is 10.9. The van der Waals surface area contributed by atoms with Crippen molar-refractivity contribution in [3.8, 4) is 0 Å². The van der Waals surface area contributed by atoms with Crippen LogP contribution in [0.2, 0.25) is 18.1 Å². The Balaban J connectivity index is 0.000000160. The summed E-state index contributed by atoms with van der Waals surface area (Å²) >= 11 is 0. The van der Waals surface area contributed by atoms with E-state index >= 15 is 0 Å². The Morgan fingerprint density at radius 3 is 2.10 bits per heavy atom. The van der Waals surface area contributed by atoms with Crippen molar-refractivity contribution in [1.82, 2.24) is 0 Å². The highest BCUT2D eigenvalue weighted by Gasteiger charge is 2.53. The number of hydrogen-bond donors (Lipinski definition) is 0. The van der Waals surface area contributed by atoms with Crippen LogP contribution in [0.4, 0.5) is 0 Å². The summed E-state index contributed by atoms with van der Waals surface area (Å²) < 4.78 is 7.04. The zero-order valence-corrected chi connectivity index (χ0v) is 33.8. The van der Waals surface area contributed by atoms with E-state index in [9.17, 15) is 0 Å². The van der Waals surface area contributed by atoms with Crippen LogP contribution in [0.25, 0.3) is 6.08 Å². The van der Waals surface area contributed by atoms with Gasteiger partial charge in [0, 0.05) is 0 Å². The fourth-order valence-corrected chi connectivity index (χ4v) is 12.4. The van der Waals surface area contributed by atoms with E-state index in [1.54, 1.807) is 27.8 Å². The molecular weight excluding hydrogens is 609 g/mol. The smallest absolute Gasteiger partial charge is 0.192 e. The second-order valence-corrected chi connectivity index (χ2v) is 24.1. The summed E-state index contributed by atoms with van der Waals surface area (Å²) in [5, 5.41) is 0.294. The van der Waals surface area contributed by atoms with Gasteiger partial charge in [-0.1, -0.05) is 118 Å². The highest BCUT2D eigenvalue weighted by atomic mass is 28.4. The molecule has 0 heterocycles. The van der Waals surface area contributed by atoms with Crippen LogP contribution in [0, 0.1) is 42.4 Å². The quantitative estimate of drug-likeness (QED) is 0.228. The lowest BCUT2D eigenvalue weighted by molar-refractivity contribution is 0.0439. The first kappa shape index (κ1) is 35.2. The van der Waals surface area contributed by atoms with Crippen molar-refractivity contribution < 1.29 is 4.43 Å². The number of hydrogen-bond acceptors (Lipinski definition) is 1. The molecule has 6 aliphatic rings. The molecule has 0 saturated heterocycles. The molecule has 0 aliphatic heterocycles. The molecule has 0 bridgehead atoms. The minimum atomic E-state index is -1.72. The third kappa shape index (κ3) is 6.34. The number of fused-ring (bicyclic) bond motifs is 6. The van der Waals surface area contributed by atoms with Gasteiger partial charge in [-0.05, 0) is 165 Å². The van der Waals surface area contributed by atoms with Crippen molar-refractivity contribution in [2.24, 2.45) is 28.6 Å². The molecule has 49 heavy (non-hydrogen) atoms. The molecule has 2 heteroatoms. The normalized spacial score (nSPS) is 32.1. The molecule has 2 saturated carbocycles. The van der Waals surface area contributed by atoms with Crippen LogP contribution < -0.4 is 0 Å². The first-order valence-corrected chi connectivity index (χ1v) is 23.0. The number of rotatable bonds is 2. The van der Waals surface area contributed by atoms with Crippen LogP contribution in [-0.4, -0.2) is 14.4 Å². The third-order valence-corrected chi connectivity index (χ3v) is 20.0. The lowest BCUT2D eigenvalue weighted by atomic mass is 9.63. The summed E-state index contributed by atoms with van der Waals surface area (Å²) in [6, 6.07) is 14.1. The van der Waals surface area contributed by atoms with Crippen LogP contribution in [0.3, 0.4) is 0 Å². The largest absolute Gasteiger partial charge is 0.413 e. The van der Waals surface area contributed by atoms with Gasteiger partial charge in [-0.2, -0.15) is 0 Å². The third-order valence-electron chi connectivity index (χ3n) is 15.5. The number of benzene rings is 2. The molecule has 264 valence electrons. The molecule has 2 fully saturated rings. The predicted molar refractivity (Wildman–Crippen MR) is 213 cm³/mol. The molecule has 2 aromatic carbocycles. The molecule has 0 unspecified atom stereocenters. The Morgan fingerprint density at radius 2 is 1.35 bits per heavy atom. The van der Waals surface area contributed by atoms with Crippen LogP contribution in [0.1, 0.15) is 133 Å². The van der Waals surface area contributed by atoms with Crippen molar-refractivity contribution in [2.75, 3.05) is 0 Å². The van der Waals surface area contributed by atoms with E-state index in [0.717, 1.165) is 17.8 Å². The Bertz CT molecular complexity index is 1690. The first-order valence-electron chi connectivity index (χ1n) is 20.1. The van der Waals surface area contributed by atoms with E-state index in [1.807, 2.05) is 5.57 Å². The van der Waals surface area contributed by atoms with Gasteiger partial charge in [-0.3, -0.25) is 0 Å². The fraction of sp³-hybridized carbons (Fsp3) is 0.617. The molecule has 0 N–H and O–H groups in total. The lowest BCUT2D eigenvalue weighted by Crippen LogP contribution is -2.48. The Kier molecular flexibility index (Phi) is 9.21. The van der Waals surface area contributed by atoms with Gasteiger partial charge in [0.15, 0.2) is 8.32 Å². The van der Waals surface area contributed by atoms with E-state index in [-0.39, 0.29) is 0 Å². The SMILES string of the molecule is Cc1ccc2c(c1)CC1=C(C=C2)[C@@H]2CC[C@H](C)[C@@]2(C)CC1.Cc1ccc2c(c1)CC1=C(CC2)[C@@H]2CC[C@H](O[Si](C)(C)C(C)(C)C)[C@@]2(C)CC1. The van der Waals surface area contributed by atoms with Crippen LogP contribution in [0.15, 0.2) is 64.8 Å². The van der Waals surface area contributed by atoms with Crippen molar-refractivity contribution in [1.29, 1.82) is 0 Å². The van der Waals surface area contributed by atoms with Gasteiger partial charge in [-0.25, -0.2) is 0 Å². The van der Waals surface area contributed by atoms with Crippen molar-refractivity contribution >= 4 is 14.4 Å². The van der Waals surface area contributed by atoms with Crippen molar-refractivity contribution in [3.63, 3.8) is 0 Å². The van der Waals surface area contributed by atoms with Crippen molar-refractivity contribution in [3.05, 3.63) is 98.1 Å². The Labute approximate surface area is 301 Å². The van der Waals surface area contributed by atoms with E-state index in [1.165, 1.54) is 99.3 Å². The summed E-state index contributed by atoms with van der Waals surface area (Å²) in [5.74, 6) is 2.45. The molecule has 2 aromatic rings. The predicted octanol–water partition coefficient (Wildman–Crippen LogP) is 13.1. The Morgan fingerprint density at radius 1 is 0.694 bits per heavy atom. The minimum Gasteiger partial charge on any atom is -0.413 e. The monoisotopic (exact) mass is 674 g/mol. The van der Waals surface area contributed by atoms with Crippen molar-refractivity contribution in [2.45, 2.75) is 157 Å². The standard InChI is InChI=1S/C26H40OSi.C21H26/c1-18-8-9-19-10-11-22-20(17-21(19)16-18)14-15-26(5)23(22)12-13-24(26)27-28(6,7)25(2,3)4;1-14-4-6-16-7-8-19-17(13-18(16)12-14)10-11-21(3)15(2)5-9-20(19)21/h8-9,16,23-24H,10-15,17H2,1-7H3;4,6-8,12,15,20H,5,9-11,13H2,1-3H3/t23-,24-,26-;15-,20-,21+/m00/s1. The topological polar surface area (TPSA) is 9.23 Å². The maximum atomic E-state index is 7.04. The van der Waals surface area contributed by atoms with E-state index in [2.05, 4.69) is 117 Å². The van der Waals surface area contributed by atoms with Gasteiger partial charge in [-0.15, -0.1) is 0 Å². The van der Waals surface area contributed by atoms with E-state index in [0.29, 0.717) is 22.0 Å². The Hall–Kier alpha value is -2.16. The summed E-state index contributed by atoms with van der Waals surface area (Å²) in [5.41, 5.74) is 16.9. The van der Waals surface area contributed by atoms with Gasteiger partial charge in [0.25, 0.3) is 0 Å².